The molecule has 1 aliphatic heterocycles. The molecule has 1 aliphatic rings. The number of sulfonamides is 1. The predicted molar refractivity (Wildman–Crippen MR) is 126 cm³/mol. The Hall–Kier alpha value is -2.00. The number of likely N-dealkylation sites (tertiary alicyclic amines) is 1. The summed E-state index contributed by atoms with van der Waals surface area (Å²) in [6.07, 6.45) is 5.86. The maximum absolute atomic E-state index is 12.8. The highest BCUT2D eigenvalue weighted by molar-refractivity contribution is 7.89. The van der Waals surface area contributed by atoms with Gasteiger partial charge in [0.1, 0.15) is 0 Å². The fourth-order valence-electron chi connectivity index (χ4n) is 4.08. The third-order valence-electron chi connectivity index (χ3n) is 5.78. The van der Waals surface area contributed by atoms with Crippen molar-refractivity contribution in [2.75, 3.05) is 26.2 Å². The van der Waals surface area contributed by atoms with Crippen molar-refractivity contribution in [1.82, 2.24) is 14.2 Å². The van der Waals surface area contributed by atoms with Crippen LogP contribution >= 0.6 is 11.3 Å². The summed E-state index contributed by atoms with van der Waals surface area (Å²) in [4.78, 5) is 15.1. The second kappa shape index (κ2) is 10.1. The Morgan fingerprint density at radius 3 is 2.45 bits per heavy atom. The third-order valence-corrected chi connectivity index (χ3v) is 8.18. The zero-order valence-electron chi connectivity index (χ0n) is 17.6. The molecule has 0 saturated carbocycles. The Balaban J connectivity index is 1.42. The van der Waals surface area contributed by atoms with Crippen LogP contribution in [-0.2, 0) is 16.6 Å². The van der Waals surface area contributed by atoms with E-state index in [4.69, 9.17) is 0 Å². The lowest BCUT2D eigenvalue weighted by Crippen LogP contribution is -2.30. The van der Waals surface area contributed by atoms with E-state index in [1.807, 2.05) is 30.3 Å². The minimum absolute atomic E-state index is 0.0844. The van der Waals surface area contributed by atoms with Crippen molar-refractivity contribution in [3.8, 4) is 0 Å². The molecule has 8 heteroatoms. The summed E-state index contributed by atoms with van der Waals surface area (Å²) >= 11 is 1.09. The van der Waals surface area contributed by atoms with E-state index in [-0.39, 0.29) is 9.77 Å². The number of fused-ring (bicyclic) bond motifs is 1. The van der Waals surface area contributed by atoms with Gasteiger partial charge < -0.3 is 4.90 Å². The Labute approximate surface area is 187 Å². The SMILES string of the molecule is O=c1sc2cc(S(=O)(=O)NCCCN3CCCCCC3)ccc2n1Cc1ccccc1. The molecule has 1 fully saturated rings. The van der Waals surface area contributed by atoms with Gasteiger partial charge in [0, 0.05) is 6.54 Å². The molecule has 1 N–H and O–H groups in total. The molecule has 1 saturated heterocycles. The summed E-state index contributed by atoms with van der Waals surface area (Å²) < 4.78 is 30.6. The number of nitrogens with zero attached hydrogens (tertiary/aromatic N) is 2. The Morgan fingerprint density at radius 1 is 0.968 bits per heavy atom. The lowest BCUT2D eigenvalue weighted by Gasteiger charge is -2.19. The van der Waals surface area contributed by atoms with Gasteiger partial charge in [-0.1, -0.05) is 54.5 Å². The molecule has 0 radical (unpaired) electrons. The monoisotopic (exact) mass is 459 g/mol. The molecule has 0 unspecified atom stereocenters. The van der Waals surface area contributed by atoms with Crippen LogP contribution in [0.1, 0.15) is 37.7 Å². The third kappa shape index (κ3) is 5.63. The molecular weight excluding hydrogens is 430 g/mol. The van der Waals surface area contributed by atoms with Gasteiger partial charge in [-0.3, -0.25) is 9.36 Å². The van der Waals surface area contributed by atoms with E-state index in [1.165, 1.54) is 25.7 Å². The minimum atomic E-state index is -3.60. The molecule has 0 amide bonds. The van der Waals surface area contributed by atoms with Crippen molar-refractivity contribution in [3.05, 3.63) is 63.8 Å². The average molecular weight is 460 g/mol. The predicted octanol–water partition coefficient (Wildman–Crippen LogP) is 3.66. The molecule has 166 valence electrons. The maximum Gasteiger partial charge on any atom is 0.308 e. The molecule has 0 atom stereocenters. The fraction of sp³-hybridized carbons (Fsp3) is 0.435. The summed E-state index contributed by atoms with van der Waals surface area (Å²) in [7, 11) is -3.60. The van der Waals surface area contributed by atoms with Crippen LogP contribution in [0, 0.1) is 0 Å². The highest BCUT2D eigenvalue weighted by atomic mass is 32.2. The van der Waals surface area contributed by atoms with Gasteiger partial charge in [0.25, 0.3) is 0 Å². The van der Waals surface area contributed by atoms with E-state index >= 15 is 0 Å². The summed E-state index contributed by atoms with van der Waals surface area (Å²) in [5.74, 6) is 0. The Kier molecular flexibility index (Phi) is 7.22. The summed E-state index contributed by atoms with van der Waals surface area (Å²) in [6, 6.07) is 14.7. The van der Waals surface area contributed by atoms with Gasteiger partial charge in [0.2, 0.25) is 10.0 Å². The maximum atomic E-state index is 12.8. The summed E-state index contributed by atoms with van der Waals surface area (Å²) in [6.45, 7) is 4.04. The standard InChI is InChI=1S/C23H29N3O3S2/c27-23-26(18-19-9-4-3-5-10-19)21-12-11-20(17-22(21)30-23)31(28,29)24-13-8-16-25-14-6-1-2-7-15-25/h3-5,9-12,17,24H,1-2,6-8,13-16,18H2. The van der Waals surface area contributed by atoms with Crippen molar-refractivity contribution < 1.29 is 8.42 Å². The summed E-state index contributed by atoms with van der Waals surface area (Å²) in [5, 5.41) is 0. The number of nitrogens with one attached hydrogen (secondary N) is 1. The van der Waals surface area contributed by atoms with Crippen molar-refractivity contribution >= 4 is 31.6 Å². The van der Waals surface area contributed by atoms with Crippen molar-refractivity contribution in [2.24, 2.45) is 0 Å². The normalized spacial score (nSPS) is 15.9. The lowest BCUT2D eigenvalue weighted by atomic mass is 10.2. The molecule has 2 aromatic carbocycles. The van der Waals surface area contributed by atoms with Crippen LogP contribution in [0.3, 0.4) is 0 Å². The van der Waals surface area contributed by atoms with Gasteiger partial charge in [-0.2, -0.15) is 0 Å². The van der Waals surface area contributed by atoms with Crippen LogP contribution in [0.5, 0.6) is 0 Å². The Bertz CT molecular complexity index is 1160. The smallest absolute Gasteiger partial charge is 0.303 e. The summed E-state index contributed by atoms with van der Waals surface area (Å²) in [5.41, 5.74) is 1.80. The van der Waals surface area contributed by atoms with Gasteiger partial charge in [-0.05, 0) is 62.7 Å². The first-order valence-electron chi connectivity index (χ1n) is 10.9. The number of thiazole rings is 1. The van der Waals surface area contributed by atoms with E-state index in [1.54, 1.807) is 22.8 Å². The largest absolute Gasteiger partial charge is 0.308 e. The van der Waals surface area contributed by atoms with Crippen LogP contribution in [0.4, 0.5) is 0 Å². The van der Waals surface area contributed by atoms with E-state index < -0.39 is 10.0 Å². The molecule has 1 aromatic heterocycles. The molecule has 0 bridgehead atoms. The van der Waals surface area contributed by atoms with Crippen molar-refractivity contribution in [2.45, 2.75) is 43.5 Å². The zero-order chi connectivity index (χ0) is 21.7. The van der Waals surface area contributed by atoms with Gasteiger partial charge in [-0.15, -0.1) is 0 Å². The van der Waals surface area contributed by atoms with Crippen LogP contribution in [0.15, 0.2) is 58.2 Å². The number of hydrogen-bond acceptors (Lipinski definition) is 5. The van der Waals surface area contributed by atoms with Gasteiger partial charge >= 0.3 is 4.87 Å². The van der Waals surface area contributed by atoms with E-state index in [0.29, 0.717) is 17.8 Å². The molecule has 0 spiro atoms. The first kappa shape index (κ1) is 22.2. The molecule has 31 heavy (non-hydrogen) atoms. The van der Waals surface area contributed by atoms with Crippen molar-refractivity contribution in [3.63, 3.8) is 0 Å². The minimum Gasteiger partial charge on any atom is -0.303 e. The van der Waals surface area contributed by atoms with Crippen molar-refractivity contribution in [1.29, 1.82) is 0 Å². The highest BCUT2D eigenvalue weighted by Crippen LogP contribution is 2.22. The molecule has 6 nitrogen and oxygen atoms in total. The second-order valence-corrected chi connectivity index (χ2v) is 10.8. The molecule has 3 aromatic rings. The number of rotatable bonds is 8. The first-order chi connectivity index (χ1) is 15.0. The highest BCUT2D eigenvalue weighted by Gasteiger charge is 2.17. The number of hydrogen-bond donors (Lipinski definition) is 1. The number of aromatic nitrogens is 1. The average Bonchev–Trinajstić information content (AvgIpc) is 2.93. The van der Waals surface area contributed by atoms with Crippen LogP contribution in [0.25, 0.3) is 10.2 Å². The van der Waals surface area contributed by atoms with Crippen LogP contribution < -0.4 is 9.60 Å². The Morgan fingerprint density at radius 2 is 1.71 bits per heavy atom. The fourth-order valence-corrected chi connectivity index (χ4v) is 6.19. The second-order valence-electron chi connectivity index (χ2n) is 8.08. The van der Waals surface area contributed by atoms with E-state index in [9.17, 15) is 13.2 Å². The quantitative estimate of drug-likeness (QED) is 0.522. The number of benzene rings is 2. The first-order valence-corrected chi connectivity index (χ1v) is 13.2. The molecular formula is C23H29N3O3S2. The van der Waals surface area contributed by atoms with Crippen LogP contribution in [-0.4, -0.2) is 44.1 Å². The lowest BCUT2D eigenvalue weighted by molar-refractivity contribution is 0.282. The van der Waals surface area contributed by atoms with E-state index in [0.717, 1.165) is 48.5 Å². The molecule has 4 rings (SSSR count). The van der Waals surface area contributed by atoms with Gasteiger partial charge in [-0.25, -0.2) is 13.1 Å². The van der Waals surface area contributed by atoms with Gasteiger partial charge in [0.15, 0.2) is 0 Å². The van der Waals surface area contributed by atoms with Crippen LogP contribution in [0.2, 0.25) is 0 Å². The topological polar surface area (TPSA) is 71.4 Å². The molecule has 0 aliphatic carbocycles. The molecule has 2 heterocycles. The van der Waals surface area contributed by atoms with Gasteiger partial charge in [0.05, 0.1) is 21.7 Å². The van der Waals surface area contributed by atoms with E-state index in [2.05, 4.69) is 9.62 Å². The zero-order valence-corrected chi connectivity index (χ0v) is 19.3.